The number of rotatable bonds is 3. The number of alkyl halides is 3. The first-order chi connectivity index (χ1) is 20.6. The molecule has 43 heavy (non-hydrogen) atoms. The normalized spacial score (nSPS) is 21.2. The maximum atomic E-state index is 13.6. The van der Waals surface area contributed by atoms with Crippen LogP contribution in [0.2, 0.25) is 0 Å². The Morgan fingerprint density at radius 2 is 1.63 bits per heavy atom. The van der Waals surface area contributed by atoms with Crippen LogP contribution < -0.4 is 0 Å². The van der Waals surface area contributed by atoms with Crippen molar-refractivity contribution < 1.29 is 27.6 Å². The lowest BCUT2D eigenvalue weighted by molar-refractivity contribution is -0.137. The topological polar surface area (TPSA) is 82.0 Å². The zero-order valence-corrected chi connectivity index (χ0v) is 24.5. The number of amides is 3. The van der Waals surface area contributed by atoms with E-state index < -0.39 is 17.3 Å². The Morgan fingerprint density at radius 3 is 2.33 bits per heavy atom. The van der Waals surface area contributed by atoms with Crippen molar-refractivity contribution in [2.24, 2.45) is 0 Å². The van der Waals surface area contributed by atoms with Crippen LogP contribution in [0.1, 0.15) is 64.1 Å². The molecular formula is C30H33F3N6O3S. The predicted molar refractivity (Wildman–Crippen MR) is 154 cm³/mol. The minimum absolute atomic E-state index is 0.108. The molecule has 3 aliphatic heterocycles. The second-order valence-electron chi connectivity index (χ2n) is 12.1. The summed E-state index contributed by atoms with van der Waals surface area (Å²) in [7, 11) is 0. The number of nitrogens with zero attached hydrogens (tertiary/aromatic N) is 6. The molecule has 2 aromatic heterocycles. The van der Waals surface area contributed by atoms with Gasteiger partial charge in [0.1, 0.15) is 0 Å². The summed E-state index contributed by atoms with van der Waals surface area (Å²) in [5, 5.41) is 4.83. The van der Waals surface area contributed by atoms with Gasteiger partial charge in [-0.25, -0.2) is 4.79 Å². The van der Waals surface area contributed by atoms with Gasteiger partial charge >= 0.3 is 12.2 Å². The summed E-state index contributed by atoms with van der Waals surface area (Å²) >= 11 is 1.09. The average Bonchev–Trinajstić information content (AvgIpc) is 3.38. The summed E-state index contributed by atoms with van der Waals surface area (Å²) in [6.07, 6.45) is 3.88. The van der Waals surface area contributed by atoms with Gasteiger partial charge in [0.2, 0.25) is 0 Å². The van der Waals surface area contributed by atoms with E-state index >= 15 is 0 Å². The number of benzene rings is 1. The molecule has 4 aliphatic rings. The third-order valence-corrected chi connectivity index (χ3v) is 10.6. The third-order valence-electron chi connectivity index (χ3n) is 9.55. The molecule has 1 saturated carbocycles. The molecule has 1 spiro atoms. The molecule has 5 heterocycles. The first kappa shape index (κ1) is 28.3. The number of carbonyl (C=O) groups is 3. The summed E-state index contributed by atoms with van der Waals surface area (Å²) < 4.78 is 41.2. The van der Waals surface area contributed by atoms with Gasteiger partial charge in [0.05, 0.1) is 22.2 Å². The Hall–Kier alpha value is -3.45. The van der Waals surface area contributed by atoms with Gasteiger partial charge < -0.3 is 14.7 Å². The second kappa shape index (κ2) is 10.6. The third kappa shape index (κ3) is 5.30. The highest BCUT2D eigenvalue weighted by Crippen LogP contribution is 2.41. The maximum absolute atomic E-state index is 13.6. The number of piperazine rings is 1. The highest BCUT2D eigenvalue weighted by molar-refractivity contribution is 7.20. The van der Waals surface area contributed by atoms with Gasteiger partial charge in [-0.2, -0.15) is 23.0 Å². The Kier molecular flexibility index (Phi) is 6.99. The number of likely N-dealkylation sites (tertiary alicyclic amines) is 2. The molecule has 0 unspecified atom stereocenters. The molecule has 3 aromatic rings. The van der Waals surface area contributed by atoms with Crippen molar-refractivity contribution in [2.75, 3.05) is 45.8 Å². The zero-order valence-electron chi connectivity index (χ0n) is 23.7. The average molecular weight is 615 g/mol. The predicted octanol–water partition coefficient (Wildman–Crippen LogP) is 4.78. The van der Waals surface area contributed by atoms with Crippen molar-refractivity contribution in [3.63, 3.8) is 0 Å². The fourth-order valence-corrected chi connectivity index (χ4v) is 7.98. The van der Waals surface area contributed by atoms with Crippen LogP contribution >= 0.6 is 11.3 Å². The summed E-state index contributed by atoms with van der Waals surface area (Å²) in [4.78, 5) is 48.3. The van der Waals surface area contributed by atoms with E-state index in [4.69, 9.17) is 0 Å². The molecule has 0 atom stereocenters. The van der Waals surface area contributed by atoms with Crippen molar-refractivity contribution in [3.8, 4) is 0 Å². The number of piperidine rings is 1. The van der Waals surface area contributed by atoms with Crippen LogP contribution in [0.15, 0.2) is 36.7 Å². The van der Waals surface area contributed by atoms with Gasteiger partial charge in [-0.15, -0.1) is 11.3 Å². The fraction of sp³-hybridized carbons (Fsp3) is 0.533. The van der Waals surface area contributed by atoms with Gasteiger partial charge in [-0.05, 0) is 62.1 Å². The highest BCUT2D eigenvalue weighted by Gasteiger charge is 2.47. The maximum Gasteiger partial charge on any atom is 0.416 e. The lowest BCUT2D eigenvalue weighted by atomic mass is 9.85. The first-order valence-corrected chi connectivity index (χ1v) is 15.7. The van der Waals surface area contributed by atoms with E-state index in [1.54, 1.807) is 11.0 Å². The molecule has 0 N–H and O–H groups in total. The van der Waals surface area contributed by atoms with Crippen molar-refractivity contribution in [2.45, 2.75) is 56.3 Å². The minimum Gasteiger partial charge on any atom is -0.336 e. The summed E-state index contributed by atoms with van der Waals surface area (Å²) in [5.74, 6) is -0.275. The Morgan fingerprint density at radius 1 is 0.884 bits per heavy atom. The van der Waals surface area contributed by atoms with E-state index in [0.29, 0.717) is 72.1 Å². The number of halogens is 3. The summed E-state index contributed by atoms with van der Waals surface area (Å²) in [6, 6.07) is 5.62. The SMILES string of the molecule is O=C(c1cnn(C(=O)N2CCC3(CCCN3C(=O)c3cc4ccc(C(F)(F)F)cc4s3)CC2)c1)N1CCN(C2CC2)CC1. The standard InChI is InChI=1S/C30H33F3N6O3S/c31-30(32,33)22-3-2-20-16-25(43-24(20)17-22)27(41)38-9-1-6-29(38)7-10-37(11-8-29)28(42)39-19-21(18-34-39)26(40)36-14-12-35(13-15-36)23-4-5-23/h2-3,16-19,23H,1,4-15H2. The number of hydrogen-bond acceptors (Lipinski definition) is 6. The molecule has 3 saturated heterocycles. The summed E-state index contributed by atoms with van der Waals surface area (Å²) in [6.45, 7) is 4.56. The van der Waals surface area contributed by atoms with E-state index in [1.807, 2.05) is 9.80 Å². The number of carbonyl (C=O) groups excluding carboxylic acids is 3. The van der Waals surface area contributed by atoms with E-state index in [-0.39, 0.29) is 17.8 Å². The molecule has 0 bridgehead atoms. The van der Waals surface area contributed by atoms with Gasteiger partial charge in [0.15, 0.2) is 0 Å². The van der Waals surface area contributed by atoms with Crippen LogP contribution in [0.4, 0.5) is 18.0 Å². The van der Waals surface area contributed by atoms with Crippen molar-refractivity contribution in [3.05, 3.63) is 52.7 Å². The molecule has 4 fully saturated rings. The van der Waals surface area contributed by atoms with Gasteiger partial charge in [-0.1, -0.05) is 6.07 Å². The molecule has 228 valence electrons. The smallest absolute Gasteiger partial charge is 0.336 e. The summed E-state index contributed by atoms with van der Waals surface area (Å²) in [5.41, 5.74) is -0.717. The van der Waals surface area contributed by atoms with Crippen molar-refractivity contribution >= 4 is 39.3 Å². The van der Waals surface area contributed by atoms with Crippen LogP contribution in [0.5, 0.6) is 0 Å². The first-order valence-electron chi connectivity index (χ1n) is 14.9. The molecule has 3 amide bonds. The number of aromatic nitrogens is 2. The van der Waals surface area contributed by atoms with Crippen LogP contribution in [0.25, 0.3) is 10.1 Å². The molecule has 9 nitrogen and oxygen atoms in total. The lowest BCUT2D eigenvalue weighted by Crippen LogP contribution is -2.55. The van der Waals surface area contributed by atoms with Crippen LogP contribution in [0, 0.1) is 0 Å². The van der Waals surface area contributed by atoms with E-state index in [1.165, 1.54) is 36.0 Å². The van der Waals surface area contributed by atoms with Crippen molar-refractivity contribution in [1.29, 1.82) is 0 Å². The second-order valence-corrected chi connectivity index (χ2v) is 13.2. The monoisotopic (exact) mass is 614 g/mol. The minimum atomic E-state index is -4.44. The quantitative estimate of drug-likeness (QED) is 0.425. The van der Waals surface area contributed by atoms with Crippen LogP contribution in [-0.4, -0.2) is 105 Å². The van der Waals surface area contributed by atoms with E-state index in [9.17, 15) is 27.6 Å². The Balaban J connectivity index is 0.986. The molecule has 7 rings (SSSR count). The zero-order chi connectivity index (χ0) is 29.9. The molecule has 13 heteroatoms. The largest absolute Gasteiger partial charge is 0.416 e. The van der Waals surface area contributed by atoms with E-state index in [0.717, 1.165) is 49.4 Å². The van der Waals surface area contributed by atoms with Gasteiger partial charge in [-0.3, -0.25) is 14.5 Å². The Bertz CT molecular complexity index is 1560. The van der Waals surface area contributed by atoms with Gasteiger partial charge in [0.25, 0.3) is 11.8 Å². The van der Waals surface area contributed by atoms with Crippen molar-refractivity contribution in [1.82, 2.24) is 29.4 Å². The molecule has 1 aromatic carbocycles. The fourth-order valence-electron chi connectivity index (χ4n) is 6.93. The number of hydrogen-bond donors (Lipinski definition) is 0. The Labute approximate surface area is 250 Å². The lowest BCUT2D eigenvalue weighted by Gasteiger charge is -2.44. The van der Waals surface area contributed by atoms with Crippen LogP contribution in [0.3, 0.4) is 0 Å². The van der Waals surface area contributed by atoms with Crippen LogP contribution in [-0.2, 0) is 6.18 Å². The number of thiophene rings is 1. The molecular weight excluding hydrogens is 581 g/mol. The van der Waals surface area contributed by atoms with E-state index in [2.05, 4.69) is 10.00 Å². The molecule has 0 radical (unpaired) electrons. The van der Waals surface area contributed by atoms with Gasteiger partial charge in [0, 0.05) is 68.3 Å². The highest BCUT2D eigenvalue weighted by atomic mass is 32.1. The number of fused-ring (bicyclic) bond motifs is 1. The molecule has 1 aliphatic carbocycles.